The van der Waals surface area contributed by atoms with Crippen LogP contribution >= 0.6 is 15.9 Å². The molecular formula is C19H16BrF4N3O2. The fourth-order valence-electron chi connectivity index (χ4n) is 2.62. The van der Waals surface area contributed by atoms with Crippen molar-refractivity contribution in [1.82, 2.24) is 10.5 Å². The van der Waals surface area contributed by atoms with Crippen molar-refractivity contribution in [3.8, 4) is 11.3 Å². The van der Waals surface area contributed by atoms with Crippen LogP contribution in [0.3, 0.4) is 0 Å². The lowest BCUT2D eigenvalue weighted by atomic mass is 10.1. The fourth-order valence-corrected chi connectivity index (χ4v) is 2.88. The third-order valence-electron chi connectivity index (χ3n) is 4.11. The first-order valence-corrected chi connectivity index (χ1v) is 9.20. The van der Waals surface area contributed by atoms with Crippen molar-refractivity contribution < 1.29 is 27.2 Å². The number of rotatable bonds is 6. The zero-order valence-corrected chi connectivity index (χ0v) is 16.6. The Labute approximate surface area is 171 Å². The summed E-state index contributed by atoms with van der Waals surface area (Å²) in [6.07, 6.45) is -5.98. The van der Waals surface area contributed by atoms with Crippen LogP contribution in [-0.2, 0) is 12.7 Å². The van der Waals surface area contributed by atoms with Crippen LogP contribution < -0.4 is 10.6 Å². The highest BCUT2D eigenvalue weighted by atomic mass is 79.9. The summed E-state index contributed by atoms with van der Waals surface area (Å²) < 4.78 is 58.4. The maximum atomic E-state index is 13.8. The molecule has 0 saturated carbocycles. The minimum atomic E-state index is -4.58. The molecule has 1 atom stereocenters. The van der Waals surface area contributed by atoms with E-state index in [0.717, 1.165) is 10.5 Å². The van der Waals surface area contributed by atoms with E-state index in [-0.39, 0.29) is 12.1 Å². The number of hydrogen-bond acceptors (Lipinski definition) is 5. The lowest BCUT2D eigenvalue weighted by Gasteiger charge is -2.17. The molecule has 1 unspecified atom stereocenters. The van der Waals surface area contributed by atoms with Gasteiger partial charge in [-0.3, -0.25) is 5.32 Å². The average Bonchev–Trinajstić information content (AvgIpc) is 3.01. The van der Waals surface area contributed by atoms with Gasteiger partial charge in [0, 0.05) is 22.1 Å². The number of aryl methyl sites for hydroxylation is 1. The standard InChI is InChI=1S/C19H16BrF4N3O2/c1-10-16(17(29-27-10)11-2-5-14(20)6-3-11)26-18(28)25-9-12-8-13(19(22,23)24)4-7-15(12)21/h2-8,18,25-26,28H,9H2,1H3. The summed E-state index contributed by atoms with van der Waals surface area (Å²) in [5.41, 5.74) is 0.375. The van der Waals surface area contributed by atoms with Crippen LogP contribution in [0, 0.1) is 12.7 Å². The van der Waals surface area contributed by atoms with Gasteiger partial charge in [0.15, 0.2) is 12.1 Å². The van der Waals surface area contributed by atoms with E-state index in [1.807, 2.05) is 12.1 Å². The van der Waals surface area contributed by atoms with Gasteiger partial charge in [-0.15, -0.1) is 0 Å². The molecule has 1 aromatic heterocycles. The van der Waals surface area contributed by atoms with Gasteiger partial charge in [0.2, 0.25) is 0 Å². The third-order valence-corrected chi connectivity index (χ3v) is 4.64. The Kier molecular flexibility index (Phi) is 6.25. The van der Waals surface area contributed by atoms with Crippen molar-refractivity contribution in [2.45, 2.75) is 26.0 Å². The second-order valence-corrected chi connectivity index (χ2v) is 7.13. The molecule has 0 radical (unpaired) electrons. The van der Waals surface area contributed by atoms with Crippen molar-refractivity contribution in [2.24, 2.45) is 0 Å². The lowest BCUT2D eigenvalue weighted by molar-refractivity contribution is -0.137. The number of aliphatic hydroxyl groups excluding tert-OH is 1. The number of benzene rings is 2. The van der Waals surface area contributed by atoms with E-state index < -0.39 is 23.9 Å². The first-order valence-electron chi connectivity index (χ1n) is 8.41. The number of hydrogen-bond donors (Lipinski definition) is 3. The smallest absolute Gasteiger partial charge is 0.361 e. The molecular weight excluding hydrogens is 458 g/mol. The maximum absolute atomic E-state index is 13.8. The van der Waals surface area contributed by atoms with Crippen molar-refractivity contribution >= 4 is 21.6 Å². The number of aliphatic hydroxyl groups is 1. The second-order valence-electron chi connectivity index (χ2n) is 6.21. The lowest BCUT2D eigenvalue weighted by Crippen LogP contribution is -2.36. The summed E-state index contributed by atoms with van der Waals surface area (Å²) >= 11 is 3.33. The molecule has 3 N–H and O–H groups in total. The Hall–Kier alpha value is -2.43. The van der Waals surface area contributed by atoms with Gasteiger partial charge in [0.1, 0.15) is 17.2 Å². The Balaban J connectivity index is 1.72. The molecule has 0 aliphatic heterocycles. The number of halogens is 5. The molecule has 5 nitrogen and oxygen atoms in total. The summed E-state index contributed by atoms with van der Waals surface area (Å²) in [7, 11) is 0. The molecule has 0 aliphatic rings. The predicted octanol–water partition coefficient (Wildman–Crippen LogP) is 5.05. The molecule has 0 aliphatic carbocycles. The maximum Gasteiger partial charge on any atom is 0.416 e. The number of nitrogens with one attached hydrogen (secondary N) is 2. The van der Waals surface area contributed by atoms with E-state index in [1.54, 1.807) is 19.1 Å². The second kappa shape index (κ2) is 8.52. The summed E-state index contributed by atoms with van der Waals surface area (Å²) in [4.78, 5) is 0. The summed E-state index contributed by atoms with van der Waals surface area (Å²) in [6, 6.07) is 9.30. The molecule has 0 bridgehead atoms. The molecule has 29 heavy (non-hydrogen) atoms. The van der Waals surface area contributed by atoms with Gasteiger partial charge < -0.3 is 14.9 Å². The topological polar surface area (TPSA) is 70.3 Å². The Morgan fingerprint density at radius 3 is 2.52 bits per heavy atom. The normalized spacial score (nSPS) is 12.8. The van der Waals surface area contributed by atoms with Crippen molar-refractivity contribution in [3.05, 3.63) is 69.6 Å². The first-order chi connectivity index (χ1) is 13.6. The van der Waals surface area contributed by atoms with Gasteiger partial charge in [-0.05, 0) is 49.4 Å². The van der Waals surface area contributed by atoms with E-state index in [0.29, 0.717) is 34.8 Å². The summed E-state index contributed by atoms with van der Waals surface area (Å²) in [5, 5.41) is 19.3. The van der Waals surface area contributed by atoms with Crippen LogP contribution in [0.4, 0.5) is 23.2 Å². The van der Waals surface area contributed by atoms with Gasteiger partial charge in [-0.2, -0.15) is 13.2 Å². The van der Waals surface area contributed by atoms with Crippen molar-refractivity contribution in [2.75, 3.05) is 5.32 Å². The number of alkyl halides is 3. The minimum absolute atomic E-state index is 0.226. The van der Waals surface area contributed by atoms with Gasteiger partial charge in [-0.1, -0.05) is 21.1 Å². The molecule has 0 fully saturated rings. The van der Waals surface area contributed by atoms with Crippen LogP contribution in [0.2, 0.25) is 0 Å². The van der Waals surface area contributed by atoms with E-state index in [1.165, 1.54) is 0 Å². The Morgan fingerprint density at radius 2 is 1.86 bits per heavy atom. The van der Waals surface area contributed by atoms with Crippen LogP contribution in [0.25, 0.3) is 11.3 Å². The fraction of sp³-hybridized carbons (Fsp3) is 0.211. The monoisotopic (exact) mass is 473 g/mol. The molecule has 0 amide bonds. The highest BCUT2D eigenvalue weighted by Crippen LogP contribution is 2.32. The SMILES string of the molecule is Cc1noc(-c2ccc(Br)cc2)c1NC(O)NCc1cc(C(F)(F)F)ccc1F. The molecule has 10 heteroatoms. The molecule has 3 rings (SSSR count). The van der Waals surface area contributed by atoms with E-state index in [2.05, 4.69) is 31.7 Å². The van der Waals surface area contributed by atoms with Gasteiger partial charge in [-0.25, -0.2) is 4.39 Å². The highest BCUT2D eigenvalue weighted by molar-refractivity contribution is 9.10. The predicted molar refractivity (Wildman–Crippen MR) is 102 cm³/mol. The number of aromatic nitrogens is 1. The Bertz CT molecular complexity index is 990. The molecule has 0 saturated heterocycles. The summed E-state index contributed by atoms with van der Waals surface area (Å²) in [5.74, 6) is -0.435. The minimum Gasteiger partial charge on any atom is -0.361 e. The molecule has 2 aromatic carbocycles. The first kappa shape index (κ1) is 21.3. The van der Waals surface area contributed by atoms with Crippen molar-refractivity contribution in [1.29, 1.82) is 0 Å². The highest BCUT2D eigenvalue weighted by Gasteiger charge is 2.31. The van der Waals surface area contributed by atoms with Crippen LogP contribution in [-0.4, -0.2) is 16.6 Å². The molecule has 154 valence electrons. The largest absolute Gasteiger partial charge is 0.416 e. The number of nitrogens with zero attached hydrogens (tertiary/aromatic N) is 1. The zero-order chi connectivity index (χ0) is 21.2. The van der Waals surface area contributed by atoms with E-state index in [9.17, 15) is 22.7 Å². The van der Waals surface area contributed by atoms with Crippen LogP contribution in [0.5, 0.6) is 0 Å². The third kappa shape index (κ3) is 5.14. The number of anilines is 1. The molecule has 0 spiro atoms. The Morgan fingerprint density at radius 1 is 1.17 bits per heavy atom. The van der Waals surface area contributed by atoms with E-state index in [4.69, 9.17) is 4.52 Å². The average molecular weight is 474 g/mol. The molecule has 3 aromatic rings. The zero-order valence-electron chi connectivity index (χ0n) is 15.0. The molecule has 1 heterocycles. The van der Waals surface area contributed by atoms with Gasteiger partial charge in [0.05, 0.1) is 5.56 Å². The van der Waals surface area contributed by atoms with Crippen LogP contribution in [0.15, 0.2) is 51.5 Å². The van der Waals surface area contributed by atoms with Crippen molar-refractivity contribution in [3.63, 3.8) is 0 Å². The van der Waals surface area contributed by atoms with E-state index >= 15 is 0 Å². The van der Waals surface area contributed by atoms with Gasteiger partial charge in [0.25, 0.3) is 0 Å². The quantitative estimate of drug-likeness (QED) is 0.345. The van der Waals surface area contributed by atoms with Crippen LogP contribution in [0.1, 0.15) is 16.8 Å². The van der Waals surface area contributed by atoms with Gasteiger partial charge >= 0.3 is 6.18 Å². The summed E-state index contributed by atoms with van der Waals surface area (Å²) in [6.45, 7) is 1.33.